The van der Waals surface area contributed by atoms with Gasteiger partial charge in [0.05, 0.1) is 0 Å². The molecule has 0 heterocycles. The first kappa shape index (κ1) is 14.9. The van der Waals surface area contributed by atoms with Crippen LogP contribution in [0.25, 0.3) is 0 Å². The average molecular weight is 263 g/mol. The van der Waals surface area contributed by atoms with Crippen molar-refractivity contribution >= 4 is 11.9 Å². The topological polar surface area (TPSA) is 66.4 Å². The summed E-state index contributed by atoms with van der Waals surface area (Å²) >= 11 is 0. The Morgan fingerprint density at radius 1 is 1.50 bits per heavy atom. The van der Waals surface area contributed by atoms with Gasteiger partial charge in [0, 0.05) is 18.8 Å². The molecule has 0 aliphatic heterocycles. The van der Waals surface area contributed by atoms with Crippen molar-refractivity contribution in [2.75, 3.05) is 0 Å². The fourth-order valence-electron chi connectivity index (χ4n) is 2.23. The molecular weight excluding hydrogens is 244 g/mol. The van der Waals surface area contributed by atoms with E-state index in [9.17, 15) is 18.4 Å². The van der Waals surface area contributed by atoms with Crippen LogP contribution in [0.1, 0.15) is 45.4 Å². The molecule has 1 fully saturated rings. The maximum Gasteiger partial charge on any atom is 0.326 e. The van der Waals surface area contributed by atoms with Gasteiger partial charge < -0.3 is 10.4 Å². The standard InChI is InChI=1S/C12H19F2NO3/c1-2-4-9(11(17)18)15-10(16)8-5-3-6-12(13,14)7-8/h8-9H,2-7H2,1H3,(H,15,16)(H,17,18). The van der Waals surface area contributed by atoms with Crippen LogP contribution in [0.2, 0.25) is 0 Å². The Morgan fingerprint density at radius 3 is 2.67 bits per heavy atom. The van der Waals surface area contributed by atoms with E-state index in [1.54, 1.807) is 6.92 Å². The number of carbonyl (C=O) groups is 2. The first-order chi connectivity index (χ1) is 8.35. The summed E-state index contributed by atoms with van der Waals surface area (Å²) in [7, 11) is 0. The highest BCUT2D eigenvalue weighted by atomic mass is 19.3. The molecular formula is C12H19F2NO3. The van der Waals surface area contributed by atoms with Crippen LogP contribution in [0, 0.1) is 5.92 Å². The average Bonchev–Trinajstić information content (AvgIpc) is 2.26. The predicted molar refractivity (Wildman–Crippen MR) is 61.4 cm³/mol. The van der Waals surface area contributed by atoms with Crippen molar-refractivity contribution in [2.45, 2.75) is 57.4 Å². The number of amides is 1. The van der Waals surface area contributed by atoms with Gasteiger partial charge in [0.15, 0.2) is 0 Å². The van der Waals surface area contributed by atoms with Crippen molar-refractivity contribution in [3.63, 3.8) is 0 Å². The van der Waals surface area contributed by atoms with E-state index in [0.717, 1.165) is 0 Å². The molecule has 0 aromatic heterocycles. The molecule has 0 aromatic carbocycles. The van der Waals surface area contributed by atoms with Gasteiger partial charge in [-0.15, -0.1) is 0 Å². The van der Waals surface area contributed by atoms with Crippen LogP contribution in [0.3, 0.4) is 0 Å². The Labute approximate surface area is 105 Å². The lowest BCUT2D eigenvalue weighted by atomic mass is 9.85. The summed E-state index contributed by atoms with van der Waals surface area (Å²) in [6.07, 6.45) is 0.962. The molecule has 104 valence electrons. The lowest BCUT2D eigenvalue weighted by Gasteiger charge is -2.28. The number of halogens is 2. The van der Waals surface area contributed by atoms with Gasteiger partial charge in [0.25, 0.3) is 0 Å². The molecule has 0 bridgehead atoms. The summed E-state index contributed by atoms with van der Waals surface area (Å²) < 4.78 is 26.3. The summed E-state index contributed by atoms with van der Waals surface area (Å²) in [6.45, 7) is 1.80. The second-order valence-electron chi connectivity index (χ2n) is 4.84. The summed E-state index contributed by atoms with van der Waals surface area (Å²) in [5.74, 6) is -5.25. The van der Waals surface area contributed by atoms with Crippen LogP contribution >= 0.6 is 0 Å². The summed E-state index contributed by atoms with van der Waals surface area (Å²) in [5.41, 5.74) is 0. The molecule has 2 atom stereocenters. The number of aliphatic carboxylic acids is 1. The molecule has 0 spiro atoms. The normalized spacial score (nSPS) is 24.3. The number of carboxylic acid groups (broad SMARTS) is 1. The highest BCUT2D eigenvalue weighted by Crippen LogP contribution is 2.36. The molecule has 0 aromatic rings. The molecule has 0 radical (unpaired) electrons. The van der Waals surface area contributed by atoms with Crippen LogP contribution in [0.5, 0.6) is 0 Å². The number of carboxylic acids is 1. The lowest BCUT2D eigenvalue weighted by Crippen LogP contribution is -2.45. The van der Waals surface area contributed by atoms with E-state index >= 15 is 0 Å². The fourth-order valence-corrected chi connectivity index (χ4v) is 2.23. The molecule has 2 unspecified atom stereocenters. The van der Waals surface area contributed by atoms with Gasteiger partial charge in [0.1, 0.15) is 6.04 Å². The number of hydrogen-bond donors (Lipinski definition) is 2. The van der Waals surface area contributed by atoms with E-state index in [2.05, 4.69) is 5.32 Å². The zero-order valence-electron chi connectivity index (χ0n) is 10.4. The number of alkyl halides is 2. The van der Waals surface area contributed by atoms with Crippen LogP contribution in [-0.2, 0) is 9.59 Å². The summed E-state index contributed by atoms with van der Waals surface area (Å²) in [4.78, 5) is 22.6. The first-order valence-corrected chi connectivity index (χ1v) is 6.26. The number of carbonyl (C=O) groups excluding carboxylic acids is 1. The molecule has 1 rings (SSSR count). The Bertz CT molecular complexity index is 320. The molecule has 0 saturated heterocycles. The third-order valence-corrected chi connectivity index (χ3v) is 3.20. The highest BCUT2D eigenvalue weighted by molar-refractivity contribution is 5.85. The Hall–Kier alpha value is -1.20. The van der Waals surface area contributed by atoms with Crippen molar-refractivity contribution < 1.29 is 23.5 Å². The third-order valence-electron chi connectivity index (χ3n) is 3.20. The van der Waals surface area contributed by atoms with E-state index in [4.69, 9.17) is 5.11 Å². The maximum atomic E-state index is 13.2. The quantitative estimate of drug-likeness (QED) is 0.799. The molecule has 6 heteroatoms. The van der Waals surface area contributed by atoms with E-state index in [-0.39, 0.29) is 6.42 Å². The first-order valence-electron chi connectivity index (χ1n) is 6.26. The minimum atomic E-state index is -2.80. The Morgan fingerprint density at radius 2 is 2.17 bits per heavy atom. The zero-order chi connectivity index (χ0) is 13.8. The van der Waals surface area contributed by atoms with Gasteiger partial charge >= 0.3 is 5.97 Å². The molecule has 1 amide bonds. The largest absolute Gasteiger partial charge is 0.480 e. The van der Waals surface area contributed by atoms with Crippen molar-refractivity contribution in [1.29, 1.82) is 0 Å². The Kier molecular flexibility index (Phi) is 5.04. The van der Waals surface area contributed by atoms with Crippen LogP contribution < -0.4 is 5.32 Å². The number of rotatable bonds is 5. The van der Waals surface area contributed by atoms with Crippen LogP contribution in [0.4, 0.5) is 8.78 Å². The Balaban J connectivity index is 2.55. The second kappa shape index (κ2) is 6.11. The van der Waals surface area contributed by atoms with Crippen molar-refractivity contribution in [2.24, 2.45) is 5.92 Å². The van der Waals surface area contributed by atoms with E-state index in [1.807, 2.05) is 0 Å². The molecule has 1 aliphatic carbocycles. The molecule has 2 N–H and O–H groups in total. The van der Waals surface area contributed by atoms with Gasteiger partial charge in [-0.3, -0.25) is 4.79 Å². The smallest absolute Gasteiger partial charge is 0.326 e. The van der Waals surface area contributed by atoms with E-state index in [0.29, 0.717) is 25.7 Å². The van der Waals surface area contributed by atoms with E-state index < -0.39 is 36.2 Å². The summed E-state index contributed by atoms with van der Waals surface area (Å²) in [6, 6.07) is -0.974. The minimum Gasteiger partial charge on any atom is -0.480 e. The maximum absolute atomic E-state index is 13.2. The highest BCUT2D eigenvalue weighted by Gasteiger charge is 2.39. The fraction of sp³-hybridized carbons (Fsp3) is 0.833. The summed E-state index contributed by atoms with van der Waals surface area (Å²) in [5, 5.41) is 11.2. The zero-order valence-corrected chi connectivity index (χ0v) is 10.4. The molecule has 1 saturated carbocycles. The van der Waals surface area contributed by atoms with Crippen molar-refractivity contribution in [3.05, 3.63) is 0 Å². The van der Waals surface area contributed by atoms with Gasteiger partial charge in [-0.2, -0.15) is 0 Å². The number of nitrogens with one attached hydrogen (secondary N) is 1. The van der Waals surface area contributed by atoms with E-state index in [1.165, 1.54) is 0 Å². The van der Waals surface area contributed by atoms with Gasteiger partial charge in [-0.05, 0) is 19.3 Å². The second-order valence-corrected chi connectivity index (χ2v) is 4.84. The SMILES string of the molecule is CCCC(NC(=O)C1CCCC(F)(F)C1)C(=O)O. The monoisotopic (exact) mass is 263 g/mol. The third kappa shape index (κ3) is 4.23. The molecule has 4 nitrogen and oxygen atoms in total. The van der Waals surface area contributed by atoms with Crippen LogP contribution in [0.15, 0.2) is 0 Å². The number of hydrogen-bond acceptors (Lipinski definition) is 2. The van der Waals surface area contributed by atoms with Crippen molar-refractivity contribution in [3.8, 4) is 0 Å². The molecule has 1 aliphatic rings. The lowest BCUT2D eigenvalue weighted by molar-refractivity contribution is -0.144. The van der Waals surface area contributed by atoms with Crippen LogP contribution in [-0.4, -0.2) is 28.9 Å². The van der Waals surface area contributed by atoms with Gasteiger partial charge in [-0.1, -0.05) is 13.3 Å². The van der Waals surface area contributed by atoms with Crippen molar-refractivity contribution in [1.82, 2.24) is 5.32 Å². The van der Waals surface area contributed by atoms with Gasteiger partial charge in [0.2, 0.25) is 11.8 Å². The van der Waals surface area contributed by atoms with Gasteiger partial charge in [-0.25, -0.2) is 13.6 Å². The predicted octanol–water partition coefficient (Wildman–Crippen LogP) is 2.18. The minimum absolute atomic E-state index is 0.186. The molecule has 18 heavy (non-hydrogen) atoms.